The third-order valence-electron chi connectivity index (χ3n) is 4.03. The van der Waals surface area contributed by atoms with Crippen LogP contribution in [-0.4, -0.2) is 29.1 Å². The number of carbonyl (C=O) groups is 1. The minimum absolute atomic E-state index is 0.0803. The van der Waals surface area contributed by atoms with Crippen LogP contribution >= 0.6 is 0 Å². The van der Waals surface area contributed by atoms with Crippen LogP contribution in [0.2, 0.25) is 0 Å². The van der Waals surface area contributed by atoms with E-state index in [1.54, 1.807) is 0 Å². The smallest absolute Gasteiger partial charge is 0.304 e. The molecule has 1 unspecified atom stereocenters. The zero-order valence-electron chi connectivity index (χ0n) is 12.9. The van der Waals surface area contributed by atoms with Crippen molar-refractivity contribution in [3.63, 3.8) is 0 Å². The molecule has 0 fully saturated rings. The van der Waals surface area contributed by atoms with Crippen molar-refractivity contribution in [2.24, 2.45) is 0 Å². The van der Waals surface area contributed by atoms with Crippen LogP contribution in [0, 0.1) is 0 Å². The first kappa shape index (κ1) is 15.6. The fraction of sp³-hybridized carbons (Fsp3) is 0.471. The second kappa shape index (κ2) is 6.76. The number of nitrogens with zero attached hydrogens (tertiary/aromatic N) is 1. The Bertz CT molecular complexity index is 618. The molecule has 21 heavy (non-hydrogen) atoms. The molecule has 1 aromatic carbocycles. The highest BCUT2D eigenvalue weighted by atomic mass is 16.4. The molecular formula is C17H23NO3. The number of hydrogen-bond acceptors (Lipinski definition) is 3. The van der Waals surface area contributed by atoms with Gasteiger partial charge in [-0.3, -0.25) is 9.69 Å². The van der Waals surface area contributed by atoms with Gasteiger partial charge >= 0.3 is 5.97 Å². The van der Waals surface area contributed by atoms with Gasteiger partial charge in [0.1, 0.15) is 11.3 Å². The van der Waals surface area contributed by atoms with E-state index in [2.05, 4.69) is 24.8 Å². The monoisotopic (exact) mass is 289 g/mol. The van der Waals surface area contributed by atoms with Gasteiger partial charge in [0.25, 0.3) is 0 Å². The summed E-state index contributed by atoms with van der Waals surface area (Å²) in [6.45, 7) is 7.59. The fourth-order valence-electron chi connectivity index (χ4n) is 2.85. The Labute approximate surface area is 125 Å². The van der Waals surface area contributed by atoms with Gasteiger partial charge in [-0.1, -0.05) is 32.0 Å². The lowest BCUT2D eigenvalue weighted by atomic mass is 10.0. The summed E-state index contributed by atoms with van der Waals surface area (Å²) < 4.78 is 6.05. The molecule has 1 N–H and O–H groups in total. The Kier molecular flexibility index (Phi) is 5.02. The summed E-state index contributed by atoms with van der Waals surface area (Å²) in [6.07, 6.45) is 1.06. The molecule has 0 bridgehead atoms. The van der Waals surface area contributed by atoms with Crippen LogP contribution in [0.1, 0.15) is 44.6 Å². The van der Waals surface area contributed by atoms with E-state index in [1.165, 1.54) is 5.56 Å². The summed E-state index contributed by atoms with van der Waals surface area (Å²) in [5.41, 5.74) is 2.14. The molecule has 114 valence electrons. The molecular weight excluding hydrogens is 266 g/mol. The summed E-state index contributed by atoms with van der Waals surface area (Å²) in [6, 6.07) is 8.14. The molecule has 1 atom stereocenters. The highest BCUT2D eigenvalue weighted by Gasteiger charge is 2.23. The number of aliphatic carboxylic acids is 1. The first-order valence-electron chi connectivity index (χ1n) is 7.54. The maximum Gasteiger partial charge on any atom is 0.304 e. The van der Waals surface area contributed by atoms with E-state index in [4.69, 9.17) is 9.52 Å². The Morgan fingerprint density at radius 2 is 2.05 bits per heavy atom. The van der Waals surface area contributed by atoms with Gasteiger partial charge in [0.2, 0.25) is 0 Å². The molecule has 1 heterocycles. The van der Waals surface area contributed by atoms with Crippen LogP contribution in [0.3, 0.4) is 0 Å². The first-order chi connectivity index (χ1) is 10.1. The molecule has 0 saturated carbocycles. The number of rotatable bonds is 7. The molecule has 4 heteroatoms. The predicted octanol–water partition coefficient (Wildman–Crippen LogP) is 3.85. The molecule has 0 aliphatic carbocycles. The molecule has 0 aliphatic heterocycles. The zero-order valence-corrected chi connectivity index (χ0v) is 12.9. The minimum Gasteiger partial charge on any atom is -0.481 e. The average Bonchev–Trinajstić information content (AvgIpc) is 2.85. The SMILES string of the molecule is CCc1c(C(C)N(CC)CCC(=O)O)oc2ccccc12. The molecule has 0 spiro atoms. The normalized spacial score (nSPS) is 13.0. The lowest BCUT2D eigenvalue weighted by Gasteiger charge is -2.26. The lowest BCUT2D eigenvalue weighted by molar-refractivity contribution is -0.137. The summed E-state index contributed by atoms with van der Waals surface area (Å²) in [5, 5.41) is 10.0. The number of benzene rings is 1. The van der Waals surface area contributed by atoms with Crippen LogP contribution in [0.5, 0.6) is 0 Å². The number of hydrogen-bond donors (Lipinski definition) is 1. The first-order valence-corrected chi connectivity index (χ1v) is 7.54. The van der Waals surface area contributed by atoms with E-state index >= 15 is 0 Å². The molecule has 4 nitrogen and oxygen atoms in total. The largest absolute Gasteiger partial charge is 0.481 e. The molecule has 2 rings (SSSR count). The van der Waals surface area contributed by atoms with Gasteiger partial charge in [0.05, 0.1) is 12.5 Å². The van der Waals surface area contributed by atoms with Gasteiger partial charge in [0, 0.05) is 17.5 Å². The molecule has 0 saturated heterocycles. The number of fused-ring (bicyclic) bond motifs is 1. The molecule has 0 amide bonds. The summed E-state index contributed by atoms with van der Waals surface area (Å²) in [5.74, 6) is 0.201. The number of aryl methyl sites for hydroxylation is 1. The number of carboxylic acid groups (broad SMARTS) is 1. The van der Waals surface area contributed by atoms with Crippen molar-refractivity contribution in [1.29, 1.82) is 0 Å². The van der Waals surface area contributed by atoms with Crippen molar-refractivity contribution < 1.29 is 14.3 Å². The summed E-state index contributed by atoms with van der Waals surface area (Å²) in [4.78, 5) is 12.9. The standard InChI is InChI=1S/C17H23NO3/c1-4-13-14-8-6-7-9-15(14)21-17(13)12(3)18(5-2)11-10-16(19)20/h6-9,12H,4-5,10-11H2,1-3H3,(H,19,20). The maximum atomic E-state index is 10.8. The number of furan rings is 1. The van der Waals surface area contributed by atoms with Crippen molar-refractivity contribution in [2.45, 2.75) is 39.7 Å². The molecule has 0 aliphatic rings. The van der Waals surface area contributed by atoms with Crippen LogP contribution in [0.15, 0.2) is 28.7 Å². The van der Waals surface area contributed by atoms with Crippen molar-refractivity contribution in [3.8, 4) is 0 Å². The highest BCUT2D eigenvalue weighted by Crippen LogP contribution is 2.33. The van der Waals surface area contributed by atoms with Gasteiger partial charge in [-0.25, -0.2) is 0 Å². The van der Waals surface area contributed by atoms with Gasteiger partial charge in [-0.05, 0) is 26.0 Å². The van der Waals surface area contributed by atoms with Gasteiger partial charge in [-0.15, -0.1) is 0 Å². The van der Waals surface area contributed by atoms with Gasteiger partial charge in [0.15, 0.2) is 0 Å². The Hall–Kier alpha value is -1.81. The summed E-state index contributed by atoms with van der Waals surface area (Å²) >= 11 is 0. The van der Waals surface area contributed by atoms with Crippen molar-refractivity contribution in [1.82, 2.24) is 4.90 Å². The van der Waals surface area contributed by atoms with E-state index in [-0.39, 0.29) is 12.5 Å². The second-order valence-corrected chi connectivity index (χ2v) is 5.24. The Morgan fingerprint density at radius 1 is 1.33 bits per heavy atom. The highest BCUT2D eigenvalue weighted by molar-refractivity contribution is 5.82. The fourth-order valence-corrected chi connectivity index (χ4v) is 2.85. The topological polar surface area (TPSA) is 53.7 Å². The third-order valence-corrected chi connectivity index (χ3v) is 4.03. The second-order valence-electron chi connectivity index (χ2n) is 5.24. The number of para-hydroxylation sites is 1. The quantitative estimate of drug-likeness (QED) is 0.841. The van der Waals surface area contributed by atoms with Crippen molar-refractivity contribution >= 4 is 16.9 Å². The van der Waals surface area contributed by atoms with E-state index in [0.717, 1.165) is 29.7 Å². The van der Waals surface area contributed by atoms with Crippen molar-refractivity contribution in [2.75, 3.05) is 13.1 Å². The van der Waals surface area contributed by atoms with E-state index in [1.807, 2.05) is 25.1 Å². The summed E-state index contributed by atoms with van der Waals surface area (Å²) in [7, 11) is 0. The van der Waals surface area contributed by atoms with Gasteiger partial charge in [-0.2, -0.15) is 0 Å². The Morgan fingerprint density at radius 3 is 2.67 bits per heavy atom. The van der Waals surface area contributed by atoms with Crippen LogP contribution in [0.25, 0.3) is 11.0 Å². The van der Waals surface area contributed by atoms with E-state index in [9.17, 15) is 4.79 Å². The van der Waals surface area contributed by atoms with Crippen molar-refractivity contribution in [3.05, 3.63) is 35.6 Å². The minimum atomic E-state index is -0.763. The van der Waals surface area contributed by atoms with Crippen LogP contribution in [-0.2, 0) is 11.2 Å². The zero-order chi connectivity index (χ0) is 15.4. The predicted molar refractivity (Wildman–Crippen MR) is 83.5 cm³/mol. The molecule has 0 radical (unpaired) electrons. The van der Waals surface area contributed by atoms with E-state index in [0.29, 0.717) is 6.54 Å². The van der Waals surface area contributed by atoms with Gasteiger partial charge < -0.3 is 9.52 Å². The van der Waals surface area contributed by atoms with Crippen LogP contribution in [0.4, 0.5) is 0 Å². The maximum absolute atomic E-state index is 10.8. The molecule has 1 aromatic heterocycles. The van der Waals surface area contributed by atoms with Crippen LogP contribution < -0.4 is 0 Å². The molecule has 2 aromatic rings. The Balaban J connectivity index is 2.32. The average molecular weight is 289 g/mol. The third kappa shape index (κ3) is 3.27. The van der Waals surface area contributed by atoms with E-state index < -0.39 is 5.97 Å². The number of carboxylic acids is 1. The lowest BCUT2D eigenvalue weighted by Crippen LogP contribution is -2.29.